The smallest absolute Gasteiger partial charge is 0.234 e. The first kappa shape index (κ1) is 21.0. The highest BCUT2D eigenvalue weighted by atomic mass is 32.1. The van der Waals surface area contributed by atoms with Crippen molar-refractivity contribution in [1.82, 2.24) is 15.1 Å². The second-order valence-corrected chi connectivity index (χ2v) is 9.69. The zero-order valence-electron chi connectivity index (χ0n) is 17.6. The molecule has 1 fully saturated rings. The first-order valence-electron chi connectivity index (χ1n) is 10.2. The fourth-order valence-electron chi connectivity index (χ4n) is 3.74. The lowest BCUT2D eigenvalue weighted by Gasteiger charge is -2.34. The summed E-state index contributed by atoms with van der Waals surface area (Å²) in [6, 6.07) is 12.5. The maximum atomic E-state index is 12.9. The second kappa shape index (κ2) is 9.21. The molecule has 2 aromatic rings. The molecule has 1 aromatic carbocycles. The van der Waals surface area contributed by atoms with Crippen molar-refractivity contribution in [3.05, 3.63) is 57.8 Å². The monoisotopic (exact) mass is 399 g/mol. The molecule has 0 spiro atoms. The van der Waals surface area contributed by atoms with Crippen molar-refractivity contribution in [2.75, 3.05) is 32.7 Å². The predicted molar refractivity (Wildman–Crippen MR) is 118 cm³/mol. The van der Waals surface area contributed by atoms with E-state index in [9.17, 15) is 4.79 Å². The number of rotatable bonds is 5. The number of aryl methyl sites for hydroxylation is 1. The Balaban J connectivity index is 1.63. The summed E-state index contributed by atoms with van der Waals surface area (Å²) in [6.07, 6.45) is 1.11. The summed E-state index contributed by atoms with van der Waals surface area (Å²) in [7, 11) is 0. The Morgan fingerprint density at radius 3 is 2.50 bits per heavy atom. The third kappa shape index (κ3) is 5.66. The van der Waals surface area contributed by atoms with Gasteiger partial charge in [-0.15, -0.1) is 11.3 Å². The van der Waals surface area contributed by atoms with Crippen LogP contribution in [0.15, 0.2) is 41.8 Å². The Hall–Kier alpha value is -1.69. The molecule has 1 saturated heterocycles. The van der Waals surface area contributed by atoms with Gasteiger partial charge < -0.3 is 5.32 Å². The molecule has 1 aliphatic rings. The Labute approximate surface area is 173 Å². The molecule has 4 nitrogen and oxygen atoms in total. The quantitative estimate of drug-likeness (QED) is 0.823. The molecule has 1 aliphatic heterocycles. The fraction of sp³-hybridized carbons (Fsp3) is 0.522. The minimum Gasteiger partial charge on any atom is -0.343 e. The van der Waals surface area contributed by atoms with Crippen LogP contribution in [0.2, 0.25) is 0 Å². The summed E-state index contributed by atoms with van der Waals surface area (Å²) in [5.74, 6) is 0.100. The van der Waals surface area contributed by atoms with Gasteiger partial charge in [-0.1, -0.05) is 35.9 Å². The van der Waals surface area contributed by atoms with Gasteiger partial charge in [0.25, 0.3) is 0 Å². The lowest BCUT2D eigenvalue weighted by Crippen LogP contribution is -2.44. The Morgan fingerprint density at radius 1 is 1.11 bits per heavy atom. The van der Waals surface area contributed by atoms with Crippen LogP contribution in [0.3, 0.4) is 0 Å². The van der Waals surface area contributed by atoms with E-state index in [1.54, 1.807) is 11.3 Å². The number of benzene rings is 1. The summed E-state index contributed by atoms with van der Waals surface area (Å²) in [5.41, 5.74) is 2.55. The zero-order chi connectivity index (χ0) is 20.1. The molecule has 0 aliphatic carbocycles. The average Bonchev–Trinajstić information content (AvgIpc) is 3.06. The lowest BCUT2D eigenvalue weighted by atomic mass is 10.0. The molecular formula is C23H33N3OS. The van der Waals surface area contributed by atoms with Crippen molar-refractivity contribution in [2.45, 2.75) is 45.7 Å². The van der Waals surface area contributed by atoms with Gasteiger partial charge in [-0.05, 0) is 64.2 Å². The van der Waals surface area contributed by atoms with E-state index in [4.69, 9.17) is 0 Å². The van der Waals surface area contributed by atoms with Gasteiger partial charge in [0.15, 0.2) is 0 Å². The predicted octanol–water partition coefficient (Wildman–Crippen LogP) is 4.07. The van der Waals surface area contributed by atoms with E-state index in [1.165, 1.54) is 10.4 Å². The van der Waals surface area contributed by atoms with E-state index < -0.39 is 0 Å². The number of carbonyl (C=O) groups is 1. The molecule has 5 heteroatoms. The first-order chi connectivity index (χ1) is 13.3. The molecule has 1 aromatic heterocycles. The highest BCUT2D eigenvalue weighted by Gasteiger charge is 2.25. The molecule has 0 saturated carbocycles. The van der Waals surface area contributed by atoms with E-state index >= 15 is 0 Å². The van der Waals surface area contributed by atoms with Gasteiger partial charge in [0.2, 0.25) is 5.91 Å². The van der Waals surface area contributed by atoms with Gasteiger partial charge in [-0.3, -0.25) is 14.6 Å². The summed E-state index contributed by atoms with van der Waals surface area (Å²) in [5, 5.41) is 5.35. The summed E-state index contributed by atoms with van der Waals surface area (Å²) in [6.45, 7) is 13.4. The third-order valence-electron chi connectivity index (χ3n) is 5.45. The highest BCUT2D eigenvalue weighted by Crippen LogP contribution is 2.26. The summed E-state index contributed by atoms with van der Waals surface area (Å²) >= 11 is 1.69. The van der Waals surface area contributed by atoms with Gasteiger partial charge in [-0.2, -0.15) is 0 Å². The number of amides is 1. The van der Waals surface area contributed by atoms with Crippen LogP contribution in [0.4, 0.5) is 0 Å². The van der Waals surface area contributed by atoms with Crippen molar-refractivity contribution in [3.8, 4) is 0 Å². The fourth-order valence-corrected chi connectivity index (χ4v) is 4.55. The summed E-state index contributed by atoms with van der Waals surface area (Å²) < 4.78 is 0. The van der Waals surface area contributed by atoms with Gasteiger partial charge in [-0.25, -0.2) is 0 Å². The molecule has 2 heterocycles. The van der Waals surface area contributed by atoms with Gasteiger partial charge in [0, 0.05) is 23.5 Å². The third-order valence-corrected chi connectivity index (χ3v) is 6.39. The standard InChI is InChI=1S/C23H33N3OS/c1-18-8-10-19(11-9-18)22(20-7-5-16-28-20)24-21(27)17-25-12-6-13-26(15-14-25)23(2,3)4/h5,7-11,16,22H,6,12-15,17H2,1-4H3,(H,24,27). The number of nitrogens with one attached hydrogen (secondary N) is 1. The topological polar surface area (TPSA) is 35.6 Å². The molecule has 152 valence electrons. The Kier molecular flexibility index (Phi) is 6.91. The second-order valence-electron chi connectivity index (χ2n) is 8.71. The number of hydrogen-bond acceptors (Lipinski definition) is 4. The van der Waals surface area contributed by atoms with E-state index in [0.717, 1.165) is 38.2 Å². The van der Waals surface area contributed by atoms with Gasteiger partial charge in [0.1, 0.15) is 0 Å². The Morgan fingerprint density at radius 2 is 1.86 bits per heavy atom. The maximum Gasteiger partial charge on any atom is 0.234 e. The molecule has 3 rings (SSSR count). The maximum absolute atomic E-state index is 12.9. The van der Waals surface area contributed by atoms with Crippen LogP contribution in [0.5, 0.6) is 0 Å². The van der Waals surface area contributed by atoms with Crippen molar-refractivity contribution in [2.24, 2.45) is 0 Å². The van der Waals surface area contributed by atoms with E-state index in [0.29, 0.717) is 6.54 Å². The molecule has 0 radical (unpaired) electrons. The van der Waals surface area contributed by atoms with Crippen LogP contribution < -0.4 is 5.32 Å². The number of carbonyl (C=O) groups excluding carboxylic acids is 1. The molecule has 1 N–H and O–H groups in total. The molecule has 1 atom stereocenters. The molecule has 0 bridgehead atoms. The van der Waals surface area contributed by atoms with Crippen molar-refractivity contribution in [1.29, 1.82) is 0 Å². The first-order valence-corrected chi connectivity index (χ1v) is 11.1. The van der Waals surface area contributed by atoms with Gasteiger partial charge in [0.05, 0.1) is 12.6 Å². The minimum atomic E-state index is -0.0776. The van der Waals surface area contributed by atoms with E-state index in [1.807, 2.05) is 6.07 Å². The molecule has 1 amide bonds. The largest absolute Gasteiger partial charge is 0.343 e. The van der Waals surface area contributed by atoms with Crippen LogP contribution >= 0.6 is 11.3 Å². The molecule has 28 heavy (non-hydrogen) atoms. The van der Waals surface area contributed by atoms with E-state index in [2.05, 4.69) is 78.5 Å². The van der Waals surface area contributed by atoms with Crippen LogP contribution in [0.1, 0.15) is 49.2 Å². The zero-order valence-corrected chi connectivity index (χ0v) is 18.4. The number of thiophene rings is 1. The van der Waals surface area contributed by atoms with Crippen molar-refractivity contribution >= 4 is 17.2 Å². The van der Waals surface area contributed by atoms with Crippen LogP contribution in [-0.4, -0.2) is 54.0 Å². The van der Waals surface area contributed by atoms with Crippen molar-refractivity contribution < 1.29 is 4.79 Å². The SMILES string of the molecule is Cc1ccc(C(NC(=O)CN2CCCN(C(C)(C)C)CC2)c2cccs2)cc1. The lowest BCUT2D eigenvalue weighted by molar-refractivity contribution is -0.122. The Bertz CT molecular complexity index is 749. The van der Waals surface area contributed by atoms with Gasteiger partial charge >= 0.3 is 0 Å². The minimum absolute atomic E-state index is 0.0776. The van der Waals surface area contributed by atoms with Crippen LogP contribution in [0.25, 0.3) is 0 Å². The van der Waals surface area contributed by atoms with Crippen LogP contribution in [0, 0.1) is 6.92 Å². The molecule has 1 unspecified atom stereocenters. The summed E-state index contributed by atoms with van der Waals surface area (Å²) in [4.78, 5) is 18.9. The van der Waals surface area contributed by atoms with E-state index in [-0.39, 0.29) is 17.5 Å². The number of hydrogen-bond donors (Lipinski definition) is 1. The molecular weight excluding hydrogens is 366 g/mol. The van der Waals surface area contributed by atoms with Crippen molar-refractivity contribution in [3.63, 3.8) is 0 Å². The average molecular weight is 400 g/mol. The normalized spacial score (nSPS) is 17.9. The van der Waals surface area contributed by atoms with Crippen LogP contribution in [-0.2, 0) is 4.79 Å². The highest BCUT2D eigenvalue weighted by molar-refractivity contribution is 7.10. The number of nitrogens with zero attached hydrogens (tertiary/aromatic N) is 2.